The number of aromatic amines is 1. The molecule has 0 saturated carbocycles. The predicted molar refractivity (Wildman–Crippen MR) is 100 cm³/mol. The first-order valence-electron chi connectivity index (χ1n) is 8.66. The molecule has 2 aromatic rings. The van der Waals surface area contributed by atoms with Crippen molar-refractivity contribution >= 4 is 5.82 Å². The number of unbranched alkanes of at least 4 members (excludes halogenated alkanes) is 3. The van der Waals surface area contributed by atoms with Gasteiger partial charge in [0.25, 0.3) is 5.56 Å². The molecule has 0 radical (unpaired) electrons. The highest BCUT2D eigenvalue weighted by atomic mass is 16.5. The first-order valence-corrected chi connectivity index (χ1v) is 8.66. The quantitative estimate of drug-likeness (QED) is 0.707. The third-order valence-corrected chi connectivity index (χ3v) is 4.15. The van der Waals surface area contributed by atoms with Crippen LogP contribution >= 0.6 is 0 Å². The van der Waals surface area contributed by atoms with E-state index >= 15 is 0 Å². The first kappa shape index (κ1) is 19.2. The average Bonchev–Trinajstić information content (AvgIpc) is 2.64. The fourth-order valence-corrected chi connectivity index (χ4v) is 2.82. The number of nitrogens with two attached hydrogens (primary N) is 1. The summed E-state index contributed by atoms with van der Waals surface area (Å²) in [6, 6.07) is 11.2. The van der Waals surface area contributed by atoms with E-state index in [9.17, 15) is 15.3 Å². The molecule has 0 aliphatic carbocycles. The number of nitriles is 2. The van der Waals surface area contributed by atoms with Gasteiger partial charge in [-0.2, -0.15) is 10.5 Å². The molecule has 0 saturated heterocycles. The Balaban J connectivity index is 2.38. The molecule has 0 amide bonds. The number of benzene rings is 1. The summed E-state index contributed by atoms with van der Waals surface area (Å²) < 4.78 is 5.75. The molecule has 1 aromatic heterocycles. The number of nitrogen functional groups attached to an aromatic ring is 1. The zero-order chi connectivity index (χ0) is 18.9. The number of nitrogens with zero attached hydrogens (tertiary/aromatic N) is 2. The lowest BCUT2D eigenvalue weighted by molar-refractivity contribution is 0.117. The van der Waals surface area contributed by atoms with Crippen molar-refractivity contribution in [2.45, 2.75) is 39.2 Å². The predicted octanol–water partition coefficient (Wildman–Crippen LogP) is 3.46. The van der Waals surface area contributed by atoms with E-state index < -0.39 is 5.56 Å². The molecule has 0 aliphatic heterocycles. The highest BCUT2D eigenvalue weighted by molar-refractivity contribution is 5.81. The minimum Gasteiger partial charge on any atom is -0.384 e. The van der Waals surface area contributed by atoms with Gasteiger partial charge in [0.05, 0.1) is 6.61 Å². The zero-order valence-corrected chi connectivity index (χ0v) is 14.8. The van der Waals surface area contributed by atoms with E-state index in [0.717, 1.165) is 18.4 Å². The lowest BCUT2D eigenvalue weighted by Gasteiger charge is -2.13. The van der Waals surface area contributed by atoms with Crippen molar-refractivity contribution < 1.29 is 4.74 Å². The summed E-state index contributed by atoms with van der Waals surface area (Å²) >= 11 is 0. The van der Waals surface area contributed by atoms with Crippen LogP contribution < -0.4 is 11.3 Å². The highest BCUT2D eigenvalue weighted by Crippen LogP contribution is 2.31. The summed E-state index contributed by atoms with van der Waals surface area (Å²) in [6.45, 7) is 3.14. The number of pyridine rings is 1. The largest absolute Gasteiger partial charge is 0.384 e. The number of hydrogen-bond acceptors (Lipinski definition) is 5. The summed E-state index contributed by atoms with van der Waals surface area (Å²) in [6.07, 6.45) is 4.46. The normalized spacial score (nSPS) is 10.3. The second-order valence-electron chi connectivity index (χ2n) is 5.99. The summed E-state index contributed by atoms with van der Waals surface area (Å²) in [7, 11) is 0. The van der Waals surface area contributed by atoms with Crippen molar-refractivity contribution in [3.63, 3.8) is 0 Å². The summed E-state index contributed by atoms with van der Waals surface area (Å²) in [4.78, 5) is 14.5. The zero-order valence-electron chi connectivity index (χ0n) is 14.8. The van der Waals surface area contributed by atoms with Gasteiger partial charge in [-0.25, -0.2) is 0 Å². The maximum Gasteiger partial charge on any atom is 0.268 e. The Bertz CT molecular complexity index is 903. The van der Waals surface area contributed by atoms with Crippen LogP contribution in [0.2, 0.25) is 0 Å². The molecule has 6 heteroatoms. The van der Waals surface area contributed by atoms with E-state index in [-0.39, 0.29) is 22.5 Å². The Hall–Kier alpha value is -3.09. The Morgan fingerprint density at radius 2 is 1.85 bits per heavy atom. The molecule has 6 nitrogen and oxygen atoms in total. The average molecular weight is 350 g/mol. The number of anilines is 1. The number of H-pyrrole nitrogens is 1. The van der Waals surface area contributed by atoms with E-state index in [2.05, 4.69) is 11.9 Å². The van der Waals surface area contributed by atoms with Gasteiger partial charge in [-0.3, -0.25) is 4.79 Å². The van der Waals surface area contributed by atoms with Crippen LogP contribution in [0.25, 0.3) is 11.1 Å². The monoisotopic (exact) mass is 350 g/mol. The number of aromatic nitrogens is 1. The summed E-state index contributed by atoms with van der Waals surface area (Å²) in [5, 5.41) is 18.9. The Labute approximate surface area is 152 Å². The summed E-state index contributed by atoms with van der Waals surface area (Å²) in [5.41, 5.74) is 6.85. The fraction of sp³-hybridized carbons (Fsp3) is 0.350. The first-order chi connectivity index (χ1) is 12.6. The maximum atomic E-state index is 12.1. The third kappa shape index (κ3) is 4.30. The standard InChI is InChI=1S/C20H22N4O2/c1-2-3-4-7-10-26-13-14-8-5-6-9-15(14)18-16(11-21)19(23)24-20(25)17(18)12-22/h5-6,8-9H,2-4,7,10,13H2,1H3,(H3,23,24,25). The third-order valence-electron chi connectivity index (χ3n) is 4.15. The van der Waals surface area contributed by atoms with E-state index in [1.165, 1.54) is 12.8 Å². The van der Waals surface area contributed by atoms with Gasteiger partial charge in [-0.1, -0.05) is 50.5 Å². The van der Waals surface area contributed by atoms with Crippen LogP contribution in [0.15, 0.2) is 29.1 Å². The SMILES string of the molecule is CCCCCCOCc1ccccc1-c1c(C#N)c(N)[nH]c(=O)c1C#N. The van der Waals surface area contributed by atoms with Gasteiger partial charge in [0.1, 0.15) is 29.1 Å². The Kier molecular flexibility index (Phi) is 6.96. The van der Waals surface area contributed by atoms with Crippen LogP contribution in [-0.4, -0.2) is 11.6 Å². The summed E-state index contributed by atoms with van der Waals surface area (Å²) in [5.74, 6) is -0.0400. The van der Waals surface area contributed by atoms with Crippen LogP contribution in [0.5, 0.6) is 0 Å². The van der Waals surface area contributed by atoms with Gasteiger partial charge in [0.2, 0.25) is 0 Å². The van der Waals surface area contributed by atoms with Gasteiger partial charge in [-0.05, 0) is 17.5 Å². The van der Waals surface area contributed by atoms with Crippen LogP contribution in [0, 0.1) is 22.7 Å². The van der Waals surface area contributed by atoms with Crippen molar-refractivity contribution in [3.05, 3.63) is 51.3 Å². The number of nitrogens with one attached hydrogen (secondary N) is 1. The molecule has 0 unspecified atom stereocenters. The molecule has 1 aromatic carbocycles. The highest BCUT2D eigenvalue weighted by Gasteiger charge is 2.20. The molecular formula is C20H22N4O2. The van der Waals surface area contributed by atoms with Gasteiger partial charge in [-0.15, -0.1) is 0 Å². The fourth-order valence-electron chi connectivity index (χ4n) is 2.82. The molecule has 0 aliphatic rings. The number of rotatable bonds is 8. The van der Waals surface area contributed by atoms with Crippen LogP contribution in [0.3, 0.4) is 0 Å². The van der Waals surface area contributed by atoms with Crippen LogP contribution in [-0.2, 0) is 11.3 Å². The van der Waals surface area contributed by atoms with Gasteiger partial charge in [0, 0.05) is 12.2 Å². The van der Waals surface area contributed by atoms with Crippen molar-refractivity contribution in [1.29, 1.82) is 10.5 Å². The Morgan fingerprint density at radius 3 is 2.54 bits per heavy atom. The molecule has 0 fully saturated rings. The van der Waals surface area contributed by atoms with E-state index in [4.69, 9.17) is 10.5 Å². The second-order valence-corrected chi connectivity index (χ2v) is 5.99. The van der Waals surface area contributed by atoms with Crippen molar-refractivity contribution in [3.8, 4) is 23.3 Å². The van der Waals surface area contributed by atoms with Gasteiger partial charge >= 0.3 is 0 Å². The number of ether oxygens (including phenoxy) is 1. The van der Waals surface area contributed by atoms with Crippen molar-refractivity contribution in [2.75, 3.05) is 12.3 Å². The topological polar surface area (TPSA) is 116 Å². The van der Waals surface area contributed by atoms with E-state index in [1.54, 1.807) is 12.1 Å². The second kappa shape index (κ2) is 9.41. The molecule has 2 rings (SSSR count). The van der Waals surface area contributed by atoms with Crippen molar-refractivity contribution in [2.24, 2.45) is 0 Å². The molecule has 1 heterocycles. The number of hydrogen-bond donors (Lipinski definition) is 2. The van der Waals surface area contributed by atoms with Crippen LogP contribution in [0.1, 0.15) is 49.3 Å². The lowest BCUT2D eigenvalue weighted by atomic mass is 9.93. The van der Waals surface area contributed by atoms with Gasteiger partial charge in [0.15, 0.2) is 0 Å². The van der Waals surface area contributed by atoms with Crippen LogP contribution in [0.4, 0.5) is 5.82 Å². The molecule has 26 heavy (non-hydrogen) atoms. The minimum atomic E-state index is -0.603. The smallest absolute Gasteiger partial charge is 0.268 e. The molecule has 0 atom stereocenters. The van der Waals surface area contributed by atoms with Gasteiger partial charge < -0.3 is 15.5 Å². The minimum absolute atomic E-state index is 0.0400. The van der Waals surface area contributed by atoms with E-state index in [1.807, 2.05) is 24.3 Å². The maximum absolute atomic E-state index is 12.1. The molecule has 3 N–H and O–H groups in total. The van der Waals surface area contributed by atoms with Crippen molar-refractivity contribution in [1.82, 2.24) is 4.98 Å². The Morgan fingerprint density at radius 1 is 1.12 bits per heavy atom. The van der Waals surface area contributed by atoms with E-state index in [0.29, 0.717) is 18.8 Å². The molecule has 134 valence electrons. The lowest BCUT2D eigenvalue weighted by Crippen LogP contribution is -2.16. The molecular weight excluding hydrogens is 328 g/mol. The molecule has 0 spiro atoms. The molecule has 0 bridgehead atoms.